The lowest BCUT2D eigenvalue weighted by molar-refractivity contribution is 0.0936. The molecule has 30 heavy (non-hydrogen) atoms. The standard InChI is InChI=1S/C19H23N7OS.C2H6/c27-18(15-13-28-19(23-15)25-7-2-1-3-8-25)22-14-4-9-26(12-14)17-16-20-5-10-24(16)11-6-21-17;1-2/h5-6,10-11,13-14H,1-4,7-9,12H2,(H,22,27);1-2H3. The average molecular weight is 428 g/mol. The summed E-state index contributed by atoms with van der Waals surface area (Å²) in [6.45, 7) is 7.66. The SMILES string of the molecule is CC.O=C(NC1CCN(c2nccn3ccnc23)C1)c1csc(N2CCCCC2)n1. The van der Waals surface area contributed by atoms with Crippen molar-refractivity contribution in [3.8, 4) is 0 Å². The van der Waals surface area contributed by atoms with E-state index in [1.54, 1.807) is 23.7 Å². The summed E-state index contributed by atoms with van der Waals surface area (Å²) in [4.78, 5) is 30.6. The molecule has 8 nitrogen and oxygen atoms in total. The van der Waals surface area contributed by atoms with Crippen LogP contribution in [0.3, 0.4) is 0 Å². The number of hydrogen-bond donors (Lipinski definition) is 1. The molecule has 9 heteroatoms. The third-order valence-electron chi connectivity index (χ3n) is 5.47. The summed E-state index contributed by atoms with van der Waals surface area (Å²) in [5, 5.41) is 5.98. The average Bonchev–Trinajstić information content (AvgIpc) is 3.55. The van der Waals surface area contributed by atoms with Gasteiger partial charge in [-0.1, -0.05) is 13.8 Å². The highest BCUT2D eigenvalue weighted by molar-refractivity contribution is 7.13. The maximum Gasteiger partial charge on any atom is 0.271 e. The molecule has 0 aromatic carbocycles. The Bertz CT molecular complexity index is 979. The van der Waals surface area contributed by atoms with Crippen LogP contribution in [0.15, 0.2) is 30.2 Å². The molecule has 5 rings (SSSR count). The zero-order valence-corrected chi connectivity index (χ0v) is 18.4. The van der Waals surface area contributed by atoms with E-state index in [1.165, 1.54) is 19.3 Å². The van der Waals surface area contributed by atoms with Crippen LogP contribution in [-0.2, 0) is 0 Å². The van der Waals surface area contributed by atoms with Gasteiger partial charge in [0.25, 0.3) is 5.91 Å². The van der Waals surface area contributed by atoms with Crippen molar-refractivity contribution in [1.29, 1.82) is 0 Å². The Kier molecular flexibility index (Phi) is 6.47. The Balaban J connectivity index is 0.00000106. The molecule has 2 saturated heterocycles. The predicted octanol–water partition coefficient (Wildman–Crippen LogP) is 3.21. The van der Waals surface area contributed by atoms with Gasteiger partial charge in [0.15, 0.2) is 16.6 Å². The van der Waals surface area contributed by atoms with Gasteiger partial charge in [0.2, 0.25) is 0 Å². The number of imidazole rings is 1. The predicted molar refractivity (Wildman–Crippen MR) is 121 cm³/mol. The van der Waals surface area contributed by atoms with Gasteiger partial charge in [0.05, 0.1) is 0 Å². The number of thiazole rings is 1. The molecule has 2 fully saturated rings. The number of nitrogens with zero attached hydrogens (tertiary/aromatic N) is 6. The Hall–Kier alpha value is -2.68. The van der Waals surface area contributed by atoms with Gasteiger partial charge in [-0.2, -0.15) is 0 Å². The number of nitrogens with one attached hydrogen (secondary N) is 1. The molecular weight excluding hydrogens is 398 g/mol. The molecule has 2 aliphatic rings. The minimum atomic E-state index is -0.0849. The highest BCUT2D eigenvalue weighted by Crippen LogP contribution is 2.25. The van der Waals surface area contributed by atoms with Gasteiger partial charge in [-0.15, -0.1) is 11.3 Å². The third-order valence-corrected chi connectivity index (χ3v) is 6.37. The number of carbonyl (C=O) groups excluding carboxylic acids is 1. The van der Waals surface area contributed by atoms with Crippen molar-refractivity contribution < 1.29 is 4.79 Å². The van der Waals surface area contributed by atoms with E-state index in [2.05, 4.69) is 30.1 Å². The van der Waals surface area contributed by atoms with Crippen molar-refractivity contribution in [2.24, 2.45) is 0 Å². The molecule has 1 atom stereocenters. The van der Waals surface area contributed by atoms with E-state index in [1.807, 2.05) is 36.0 Å². The first-order valence-corrected chi connectivity index (χ1v) is 11.7. The minimum Gasteiger partial charge on any atom is -0.351 e. The van der Waals surface area contributed by atoms with Crippen LogP contribution in [-0.4, -0.2) is 57.5 Å². The molecule has 160 valence electrons. The molecule has 0 radical (unpaired) electrons. The van der Waals surface area contributed by atoms with Crippen LogP contribution >= 0.6 is 11.3 Å². The van der Waals surface area contributed by atoms with Crippen molar-refractivity contribution in [1.82, 2.24) is 24.7 Å². The lowest BCUT2D eigenvalue weighted by atomic mass is 10.1. The molecule has 3 aromatic heterocycles. The number of hydrogen-bond acceptors (Lipinski definition) is 7. The quantitative estimate of drug-likeness (QED) is 0.689. The molecule has 3 aromatic rings. The highest BCUT2D eigenvalue weighted by Gasteiger charge is 2.27. The maximum absolute atomic E-state index is 12.7. The van der Waals surface area contributed by atoms with E-state index in [-0.39, 0.29) is 11.9 Å². The van der Waals surface area contributed by atoms with Gasteiger partial charge in [-0.3, -0.25) is 4.79 Å². The number of piperidine rings is 1. The van der Waals surface area contributed by atoms with Gasteiger partial charge < -0.3 is 19.5 Å². The normalized spacial score (nSPS) is 18.9. The van der Waals surface area contributed by atoms with E-state index in [0.29, 0.717) is 5.69 Å². The topological polar surface area (TPSA) is 78.7 Å². The zero-order valence-electron chi connectivity index (χ0n) is 17.6. The van der Waals surface area contributed by atoms with E-state index in [4.69, 9.17) is 0 Å². The lowest BCUT2D eigenvalue weighted by Gasteiger charge is -2.25. The monoisotopic (exact) mass is 427 g/mol. The van der Waals surface area contributed by atoms with Crippen LogP contribution in [0, 0.1) is 0 Å². The van der Waals surface area contributed by atoms with Crippen LogP contribution in [0.5, 0.6) is 0 Å². The second-order valence-electron chi connectivity index (χ2n) is 7.38. The second-order valence-corrected chi connectivity index (χ2v) is 8.21. The molecular formula is C21H29N7OS. The maximum atomic E-state index is 12.7. The van der Waals surface area contributed by atoms with Crippen molar-refractivity contribution in [3.63, 3.8) is 0 Å². The first-order valence-electron chi connectivity index (χ1n) is 10.8. The number of carbonyl (C=O) groups is 1. The Morgan fingerprint density at radius 1 is 1.07 bits per heavy atom. The summed E-state index contributed by atoms with van der Waals surface area (Å²) >= 11 is 1.56. The summed E-state index contributed by atoms with van der Waals surface area (Å²) in [7, 11) is 0. The third kappa shape index (κ3) is 4.26. The van der Waals surface area contributed by atoms with Crippen molar-refractivity contribution in [2.75, 3.05) is 36.0 Å². The zero-order chi connectivity index (χ0) is 20.9. The van der Waals surface area contributed by atoms with Crippen LogP contribution in [0.2, 0.25) is 0 Å². The van der Waals surface area contributed by atoms with Crippen LogP contribution in [0.4, 0.5) is 10.9 Å². The minimum absolute atomic E-state index is 0.0849. The van der Waals surface area contributed by atoms with Gasteiger partial charge >= 0.3 is 0 Å². The Morgan fingerprint density at radius 3 is 2.63 bits per heavy atom. The van der Waals surface area contributed by atoms with Crippen LogP contribution in [0.25, 0.3) is 5.65 Å². The number of aromatic nitrogens is 4. The second kappa shape index (κ2) is 9.42. The summed E-state index contributed by atoms with van der Waals surface area (Å²) in [5.74, 6) is 0.781. The van der Waals surface area contributed by atoms with E-state index >= 15 is 0 Å². The van der Waals surface area contributed by atoms with Crippen molar-refractivity contribution >= 4 is 33.8 Å². The molecule has 2 aliphatic heterocycles. The van der Waals surface area contributed by atoms with Crippen LogP contribution in [0.1, 0.15) is 50.0 Å². The Labute approximate surface area is 181 Å². The summed E-state index contributed by atoms with van der Waals surface area (Å²) in [5.41, 5.74) is 1.37. The summed E-state index contributed by atoms with van der Waals surface area (Å²) in [6.07, 6.45) is 12.0. The first kappa shape index (κ1) is 20.6. The molecule has 5 heterocycles. The fourth-order valence-corrected chi connectivity index (χ4v) is 4.85. The number of rotatable bonds is 4. The summed E-state index contributed by atoms with van der Waals surface area (Å²) < 4.78 is 1.96. The first-order chi connectivity index (χ1) is 14.8. The lowest BCUT2D eigenvalue weighted by Crippen LogP contribution is -2.37. The molecule has 1 amide bonds. The molecule has 0 spiro atoms. The molecule has 1 N–H and O–H groups in total. The van der Waals surface area contributed by atoms with Gasteiger partial charge in [-0.05, 0) is 25.7 Å². The number of anilines is 2. The Morgan fingerprint density at radius 2 is 1.83 bits per heavy atom. The van der Waals surface area contributed by atoms with Crippen molar-refractivity contribution in [3.05, 3.63) is 35.9 Å². The largest absolute Gasteiger partial charge is 0.351 e. The molecule has 0 bridgehead atoms. The molecule has 1 unspecified atom stereocenters. The molecule has 0 saturated carbocycles. The van der Waals surface area contributed by atoms with Crippen LogP contribution < -0.4 is 15.1 Å². The van der Waals surface area contributed by atoms with Gasteiger partial charge in [0.1, 0.15) is 5.69 Å². The van der Waals surface area contributed by atoms with E-state index in [9.17, 15) is 4.79 Å². The number of fused-ring (bicyclic) bond motifs is 1. The van der Waals surface area contributed by atoms with Gasteiger partial charge in [-0.25, -0.2) is 15.0 Å². The van der Waals surface area contributed by atoms with Gasteiger partial charge in [0, 0.05) is 62.4 Å². The summed E-state index contributed by atoms with van der Waals surface area (Å²) in [6, 6.07) is 0.0876. The smallest absolute Gasteiger partial charge is 0.271 e. The fraction of sp³-hybridized carbons (Fsp3) is 0.524. The molecule has 0 aliphatic carbocycles. The highest BCUT2D eigenvalue weighted by atomic mass is 32.1. The van der Waals surface area contributed by atoms with Crippen molar-refractivity contribution in [2.45, 2.75) is 45.6 Å². The van der Waals surface area contributed by atoms with E-state index in [0.717, 1.165) is 49.2 Å². The van der Waals surface area contributed by atoms with E-state index < -0.39 is 0 Å². The number of amides is 1. The fourth-order valence-electron chi connectivity index (χ4n) is 3.99.